The molecule has 160 valence electrons. The smallest absolute Gasteiger partial charge is 0.329 e. The van der Waals surface area contributed by atoms with Crippen LogP contribution in [-0.4, -0.2) is 22.2 Å². The normalized spacial score (nSPS) is 25.3. The first-order chi connectivity index (χ1) is 14.2. The SMILES string of the molecule is CCOC(=O)C(Cc1cccc(O)c1)n1cc2c(c1)[C@@]1(C)CCCC(C)(C)C1C=C2. The molecule has 2 unspecified atom stereocenters. The average Bonchev–Trinajstić information content (AvgIpc) is 3.11. The third-order valence-electron chi connectivity index (χ3n) is 7.26. The molecule has 1 fully saturated rings. The number of esters is 1. The van der Waals surface area contributed by atoms with Crippen molar-refractivity contribution >= 4 is 12.0 Å². The highest BCUT2D eigenvalue weighted by molar-refractivity contribution is 5.75. The van der Waals surface area contributed by atoms with Crippen molar-refractivity contribution in [3.8, 4) is 5.75 Å². The van der Waals surface area contributed by atoms with Crippen LogP contribution in [0.15, 0.2) is 42.7 Å². The maximum Gasteiger partial charge on any atom is 0.329 e. The van der Waals surface area contributed by atoms with E-state index in [0.717, 1.165) is 5.56 Å². The molecule has 0 saturated heterocycles. The number of rotatable bonds is 5. The highest BCUT2D eigenvalue weighted by Gasteiger charge is 2.48. The van der Waals surface area contributed by atoms with Crippen LogP contribution in [-0.2, 0) is 21.4 Å². The fourth-order valence-electron chi connectivity index (χ4n) is 5.80. The van der Waals surface area contributed by atoms with Gasteiger partial charge in [-0.15, -0.1) is 0 Å². The number of aromatic hydroxyl groups is 1. The molecule has 1 saturated carbocycles. The standard InChI is InChI=1S/C26H33NO3/c1-5-30-24(29)22(15-18-8-6-9-20(28)14-18)27-16-19-10-11-23-25(2,3)12-7-13-26(23,4)21(19)17-27/h6,8-11,14,16-17,22-23,28H,5,7,12-13,15H2,1-4H3/t22?,23?,26-/m1/s1. The van der Waals surface area contributed by atoms with Crippen LogP contribution in [0.4, 0.5) is 0 Å². The summed E-state index contributed by atoms with van der Waals surface area (Å²) >= 11 is 0. The van der Waals surface area contributed by atoms with Crippen LogP contribution in [0.25, 0.3) is 6.08 Å². The summed E-state index contributed by atoms with van der Waals surface area (Å²) in [5.74, 6) is 0.474. The van der Waals surface area contributed by atoms with E-state index in [-0.39, 0.29) is 22.5 Å². The van der Waals surface area contributed by atoms with Crippen molar-refractivity contribution < 1.29 is 14.6 Å². The van der Waals surface area contributed by atoms with Gasteiger partial charge in [-0.05, 0) is 59.9 Å². The lowest BCUT2D eigenvalue weighted by atomic mass is 9.53. The monoisotopic (exact) mass is 407 g/mol. The van der Waals surface area contributed by atoms with Crippen LogP contribution in [0.2, 0.25) is 0 Å². The number of carbonyl (C=O) groups is 1. The van der Waals surface area contributed by atoms with Gasteiger partial charge in [-0.1, -0.05) is 51.5 Å². The summed E-state index contributed by atoms with van der Waals surface area (Å²) in [6, 6.07) is 6.66. The van der Waals surface area contributed by atoms with Crippen LogP contribution >= 0.6 is 0 Å². The molecular weight excluding hydrogens is 374 g/mol. The number of hydrogen-bond acceptors (Lipinski definition) is 3. The number of aromatic nitrogens is 1. The maximum atomic E-state index is 12.9. The number of phenolic OH excluding ortho intramolecular Hbond substituents is 1. The van der Waals surface area contributed by atoms with E-state index in [9.17, 15) is 9.90 Å². The molecule has 1 N–H and O–H groups in total. The topological polar surface area (TPSA) is 51.5 Å². The molecule has 0 radical (unpaired) electrons. The lowest BCUT2D eigenvalue weighted by Gasteiger charge is -2.51. The van der Waals surface area contributed by atoms with Gasteiger partial charge in [0, 0.05) is 24.2 Å². The third kappa shape index (κ3) is 3.57. The van der Waals surface area contributed by atoms with E-state index in [1.54, 1.807) is 12.1 Å². The summed E-state index contributed by atoms with van der Waals surface area (Å²) in [5, 5.41) is 9.85. The maximum absolute atomic E-state index is 12.9. The fraction of sp³-hybridized carbons (Fsp3) is 0.500. The summed E-state index contributed by atoms with van der Waals surface area (Å²) < 4.78 is 7.45. The van der Waals surface area contributed by atoms with E-state index in [4.69, 9.17) is 4.74 Å². The minimum Gasteiger partial charge on any atom is -0.508 e. The summed E-state index contributed by atoms with van der Waals surface area (Å²) in [4.78, 5) is 12.9. The van der Waals surface area contributed by atoms with Gasteiger partial charge in [0.2, 0.25) is 0 Å². The van der Waals surface area contributed by atoms with E-state index >= 15 is 0 Å². The second-order valence-corrected chi connectivity index (χ2v) is 9.81. The molecule has 30 heavy (non-hydrogen) atoms. The molecule has 1 aromatic heterocycles. The molecule has 4 nitrogen and oxygen atoms in total. The Bertz CT molecular complexity index is 970. The lowest BCUT2D eigenvalue weighted by Crippen LogP contribution is -2.45. The molecule has 2 aliphatic carbocycles. The quantitative estimate of drug-likeness (QED) is 0.652. The van der Waals surface area contributed by atoms with Crippen LogP contribution in [0, 0.1) is 11.3 Å². The van der Waals surface area contributed by atoms with E-state index in [2.05, 4.69) is 45.3 Å². The first-order valence-corrected chi connectivity index (χ1v) is 11.1. The summed E-state index contributed by atoms with van der Waals surface area (Å²) in [6.07, 6.45) is 13.0. The van der Waals surface area contributed by atoms with Gasteiger partial charge in [0.25, 0.3) is 0 Å². The molecule has 0 spiro atoms. The molecule has 4 rings (SSSR count). The Labute approximate surface area is 179 Å². The van der Waals surface area contributed by atoms with Crippen LogP contribution in [0.3, 0.4) is 0 Å². The molecule has 2 aliphatic rings. The van der Waals surface area contributed by atoms with Crippen molar-refractivity contribution in [3.05, 3.63) is 59.4 Å². The number of carbonyl (C=O) groups excluding carboxylic acids is 1. The van der Waals surface area contributed by atoms with Gasteiger partial charge in [0.1, 0.15) is 11.8 Å². The van der Waals surface area contributed by atoms with Crippen molar-refractivity contribution in [1.82, 2.24) is 4.57 Å². The molecular formula is C26H33NO3. The van der Waals surface area contributed by atoms with Gasteiger partial charge in [-0.25, -0.2) is 4.79 Å². The highest BCUT2D eigenvalue weighted by atomic mass is 16.5. The zero-order chi connectivity index (χ0) is 21.5. The Hall–Kier alpha value is -2.49. The zero-order valence-corrected chi connectivity index (χ0v) is 18.5. The number of fused-ring (bicyclic) bond motifs is 3. The van der Waals surface area contributed by atoms with Crippen molar-refractivity contribution in [2.45, 2.75) is 64.8 Å². The van der Waals surface area contributed by atoms with Gasteiger partial charge in [0.15, 0.2) is 0 Å². The summed E-state index contributed by atoms with van der Waals surface area (Å²) in [5.41, 5.74) is 3.81. The average molecular weight is 408 g/mol. The Morgan fingerprint density at radius 3 is 2.80 bits per heavy atom. The minimum atomic E-state index is -0.454. The molecule has 0 amide bonds. The molecule has 4 heteroatoms. The minimum absolute atomic E-state index is 0.0846. The Morgan fingerprint density at radius 2 is 2.07 bits per heavy atom. The predicted molar refractivity (Wildman–Crippen MR) is 119 cm³/mol. The van der Waals surface area contributed by atoms with Gasteiger partial charge < -0.3 is 14.4 Å². The van der Waals surface area contributed by atoms with E-state index in [1.165, 1.54) is 30.4 Å². The van der Waals surface area contributed by atoms with Gasteiger partial charge in [0.05, 0.1) is 6.61 Å². The number of hydrogen-bond donors (Lipinski definition) is 1. The number of allylic oxidation sites excluding steroid dienone is 1. The van der Waals surface area contributed by atoms with Gasteiger partial charge in [-0.2, -0.15) is 0 Å². The zero-order valence-electron chi connectivity index (χ0n) is 18.5. The first-order valence-electron chi connectivity index (χ1n) is 11.1. The first kappa shape index (κ1) is 20.8. The van der Waals surface area contributed by atoms with Gasteiger partial charge in [-0.3, -0.25) is 0 Å². The van der Waals surface area contributed by atoms with E-state index in [0.29, 0.717) is 18.9 Å². The molecule has 0 aliphatic heterocycles. The second-order valence-electron chi connectivity index (χ2n) is 9.81. The number of benzene rings is 1. The largest absolute Gasteiger partial charge is 0.508 e. The van der Waals surface area contributed by atoms with Crippen molar-refractivity contribution in [3.63, 3.8) is 0 Å². The Kier molecular flexibility index (Phi) is 5.29. The molecule has 3 atom stereocenters. The molecule has 0 bridgehead atoms. The molecule has 1 aromatic carbocycles. The van der Waals surface area contributed by atoms with E-state index < -0.39 is 6.04 Å². The molecule has 1 heterocycles. The van der Waals surface area contributed by atoms with Crippen LogP contribution in [0.5, 0.6) is 5.75 Å². The number of phenols is 1. The van der Waals surface area contributed by atoms with Crippen LogP contribution in [0.1, 0.15) is 69.7 Å². The summed E-state index contributed by atoms with van der Waals surface area (Å²) in [7, 11) is 0. The van der Waals surface area contributed by atoms with E-state index in [1.807, 2.05) is 23.6 Å². The van der Waals surface area contributed by atoms with Crippen molar-refractivity contribution in [2.75, 3.05) is 6.61 Å². The Balaban J connectivity index is 1.72. The third-order valence-corrected chi connectivity index (χ3v) is 7.26. The van der Waals surface area contributed by atoms with Gasteiger partial charge >= 0.3 is 5.97 Å². The van der Waals surface area contributed by atoms with Crippen molar-refractivity contribution in [1.29, 1.82) is 0 Å². The second kappa shape index (κ2) is 7.64. The number of ether oxygens (including phenoxy) is 1. The fourth-order valence-corrected chi connectivity index (χ4v) is 5.80. The van der Waals surface area contributed by atoms with Crippen LogP contribution < -0.4 is 0 Å². The summed E-state index contributed by atoms with van der Waals surface area (Å²) in [6.45, 7) is 9.34. The highest BCUT2D eigenvalue weighted by Crippen LogP contribution is 2.56. The van der Waals surface area contributed by atoms with Crippen molar-refractivity contribution in [2.24, 2.45) is 11.3 Å². The predicted octanol–water partition coefficient (Wildman–Crippen LogP) is 5.65. The lowest BCUT2D eigenvalue weighted by molar-refractivity contribution is -0.147. The number of nitrogens with zero attached hydrogens (tertiary/aromatic N) is 1. The Morgan fingerprint density at radius 1 is 1.27 bits per heavy atom. The molecule has 2 aromatic rings.